The van der Waals surface area contributed by atoms with Crippen LogP contribution in [0.3, 0.4) is 0 Å². The predicted octanol–water partition coefficient (Wildman–Crippen LogP) is 2.78. The smallest absolute Gasteiger partial charge is 0.180 e. The van der Waals surface area contributed by atoms with Crippen molar-refractivity contribution in [1.29, 1.82) is 0 Å². The minimum Gasteiger partial charge on any atom is -0.375 e. The van der Waals surface area contributed by atoms with Gasteiger partial charge in [-0.1, -0.05) is 6.92 Å². The van der Waals surface area contributed by atoms with Gasteiger partial charge < -0.3 is 11.1 Å². The minimum atomic E-state index is 0.311. The molecule has 1 aliphatic rings. The number of aromatic nitrogens is 1. The molecule has 1 saturated carbocycles. The van der Waals surface area contributed by atoms with E-state index in [4.69, 9.17) is 5.73 Å². The monoisotopic (exact) mass is 239 g/mol. The van der Waals surface area contributed by atoms with Crippen molar-refractivity contribution in [1.82, 2.24) is 10.3 Å². The van der Waals surface area contributed by atoms with Crippen LogP contribution in [0.2, 0.25) is 0 Å². The molecule has 0 aliphatic heterocycles. The number of nitrogen functional groups attached to an aromatic ring is 1. The first-order valence-electron chi connectivity index (χ1n) is 6.03. The molecule has 0 aromatic carbocycles. The van der Waals surface area contributed by atoms with E-state index in [9.17, 15) is 0 Å². The molecule has 90 valence electrons. The van der Waals surface area contributed by atoms with Crippen LogP contribution in [-0.4, -0.2) is 10.5 Å². The van der Waals surface area contributed by atoms with Crippen LogP contribution in [0.4, 0.5) is 5.13 Å². The van der Waals surface area contributed by atoms with Gasteiger partial charge >= 0.3 is 0 Å². The summed E-state index contributed by atoms with van der Waals surface area (Å²) in [6.45, 7) is 5.59. The number of nitrogens with zero attached hydrogens (tertiary/aromatic N) is 1. The van der Waals surface area contributed by atoms with E-state index in [1.54, 1.807) is 11.3 Å². The highest BCUT2D eigenvalue weighted by atomic mass is 32.1. The third kappa shape index (κ3) is 2.95. The highest BCUT2D eigenvalue weighted by Gasteiger charge is 2.28. The molecule has 2 rings (SSSR count). The van der Waals surface area contributed by atoms with Crippen molar-refractivity contribution in [2.24, 2.45) is 5.92 Å². The molecule has 0 spiro atoms. The van der Waals surface area contributed by atoms with Gasteiger partial charge in [0.15, 0.2) is 5.13 Å². The molecular weight excluding hydrogens is 218 g/mol. The quantitative estimate of drug-likeness (QED) is 0.852. The molecule has 4 heteroatoms. The third-order valence-electron chi connectivity index (χ3n) is 3.64. The molecule has 1 heterocycles. The Morgan fingerprint density at radius 2 is 2.25 bits per heavy atom. The second-order valence-electron chi connectivity index (χ2n) is 5.26. The number of nitrogens with one attached hydrogen (secondary N) is 1. The fourth-order valence-corrected chi connectivity index (χ4v) is 2.90. The molecule has 0 radical (unpaired) electrons. The van der Waals surface area contributed by atoms with Crippen LogP contribution in [0.25, 0.3) is 0 Å². The zero-order valence-electron chi connectivity index (χ0n) is 10.1. The van der Waals surface area contributed by atoms with Gasteiger partial charge in [0.05, 0.1) is 0 Å². The van der Waals surface area contributed by atoms with Crippen molar-refractivity contribution in [2.75, 3.05) is 5.73 Å². The Balaban J connectivity index is 1.85. The lowest BCUT2D eigenvalue weighted by molar-refractivity contribution is 0.213. The van der Waals surface area contributed by atoms with Gasteiger partial charge in [0.1, 0.15) is 0 Å². The molecular formula is C12H21N3S. The lowest BCUT2D eigenvalue weighted by atomic mass is 9.78. The average molecular weight is 239 g/mol. The van der Waals surface area contributed by atoms with Crippen molar-refractivity contribution >= 4 is 16.5 Å². The fourth-order valence-electron chi connectivity index (χ4n) is 2.28. The number of anilines is 1. The highest BCUT2D eigenvalue weighted by molar-refractivity contribution is 7.15. The van der Waals surface area contributed by atoms with E-state index in [2.05, 4.69) is 24.1 Å². The lowest BCUT2D eigenvalue weighted by Crippen LogP contribution is -2.44. The normalized spacial score (nSPS) is 30.5. The summed E-state index contributed by atoms with van der Waals surface area (Å²) >= 11 is 1.58. The van der Waals surface area contributed by atoms with Crippen LogP contribution in [0.5, 0.6) is 0 Å². The number of hydrogen-bond acceptors (Lipinski definition) is 4. The van der Waals surface area contributed by atoms with Gasteiger partial charge in [-0.3, -0.25) is 0 Å². The second-order valence-corrected chi connectivity index (χ2v) is 6.41. The molecule has 0 bridgehead atoms. The average Bonchev–Trinajstić information content (AvgIpc) is 2.67. The van der Waals surface area contributed by atoms with Gasteiger partial charge in [-0.05, 0) is 38.5 Å². The largest absolute Gasteiger partial charge is 0.375 e. The topological polar surface area (TPSA) is 50.9 Å². The van der Waals surface area contributed by atoms with Crippen LogP contribution >= 0.6 is 11.3 Å². The van der Waals surface area contributed by atoms with Gasteiger partial charge in [0, 0.05) is 23.2 Å². The summed E-state index contributed by atoms with van der Waals surface area (Å²) in [5, 5.41) is 4.33. The van der Waals surface area contributed by atoms with E-state index >= 15 is 0 Å². The summed E-state index contributed by atoms with van der Waals surface area (Å²) in [5.74, 6) is 0.897. The van der Waals surface area contributed by atoms with Crippen LogP contribution in [-0.2, 0) is 6.54 Å². The standard InChI is InChI=1S/C12H21N3S/c1-9-3-5-12(2,6-4-9)15-8-10-7-14-11(13)16-10/h7,9,15H,3-6,8H2,1-2H3,(H2,13,14). The fraction of sp³-hybridized carbons (Fsp3) is 0.750. The maximum Gasteiger partial charge on any atom is 0.180 e. The maximum absolute atomic E-state index is 5.62. The Kier molecular flexibility index (Phi) is 3.50. The third-order valence-corrected chi connectivity index (χ3v) is 4.47. The van der Waals surface area contributed by atoms with Crippen molar-refractivity contribution in [3.63, 3.8) is 0 Å². The zero-order valence-corrected chi connectivity index (χ0v) is 10.9. The number of hydrogen-bond donors (Lipinski definition) is 2. The van der Waals surface area contributed by atoms with E-state index in [1.807, 2.05) is 6.20 Å². The summed E-state index contributed by atoms with van der Waals surface area (Å²) in [6, 6.07) is 0. The van der Waals surface area contributed by atoms with Crippen LogP contribution in [0.15, 0.2) is 6.20 Å². The summed E-state index contributed by atoms with van der Waals surface area (Å²) in [7, 11) is 0. The van der Waals surface area contributed by atoms with Crippen molar-refractivity contribution < 1.29 is 0 Å². The molecule has 1 aromatic rings. The van der Waals surface area contributed by atoms with Crippen LogP contribution < -0.4 is 11.1 Å². The Labute approximate surface area is 101 Å². The number of nitrogens with two attached hydrogens (primary N) is 1. The van der Waals surface area contributed by atoms with Crippen LogP contribution in [0, 0.1) is 5.92 Å². The van der Waals surface area contributed by atoms with Crippen molar-refractivity contribution in [3.8, 4) is 0 Å². The molecule has 3 N–H and O–H groups in total. The number of rotatable bonds is 3. The molecule has 1 aliphatic carbocycles. The van der Waals surface area contributed by atoms with E-state index in [0.29, 0.717) is 10.7 Å². The molecule has 0 unspecified atom stereocenters. The summed E-state index contributed by atoms with van der Waals surface area (Å²) in [4.78, 5) is 5.31. The molecule has 0 saturated heterocycles. The summed E-state index contributed by atoms with van der Waals surface area (Å²) in [5.41, 5.74) is 5.93. The SMILES string of the molecule is CC1CCC(C)(NCc2cnc(N)s2)CC1. The first-order chi connectivity index (χ1) is 7.57. The van der Waals surface area contributed by atoms with Gasteiger partial charge in [0.2, 0.25) is 0 Å². The molecule has 3 nitrogen and oxygen atoms in total. The summed E-state index contributed by atoms with van der Waals surface area (Å²) < 4.78 is 0. The first-order valence-corrected chi connectivity index (χ1v) is 6.84. The Hall–Kier alpha value is -0.610. The molecule has 0 amide bonds. The molecule has 16 heavy (non-hydrogen) atoms. The Morgan fingerprint density at radius 1 is 1.56 bits per heavy atom. The Bertz CT molecular complexity index is 340. The van der Waals surface area contributed by atoms with Gasteiger partial charge in [-0.25, -0.2) is 4.98 Å². The van der Waals surface area contributed by atoms with E-state index in [-0.39, 0.29) is 0 Å². The predicted molar refractivity (Wildman–Crippen MR) is 69.4 cm³/mol. The molecule has 0 atom stereocenters. The number of thiazole rings is 1. The molecule has 1 aromatic heterocycles. The van der Waals surface area contributed by atoms with E-state index in [1.165, 1.54) is 30.6 Å². The molecule has 1 fully saturated rings. The van der Waals surface area contributed by atoms with Crippen LogP contribution in [0.1, 0.15) is 44.4 Å². The van der Waals surface area contributed by atoms with Gasteiger partial charge in [-0.15, -0.1) is 11.3 Å². The lowest BCUT2D eigenvalue weighted by Gasteiger charge is -2.37. The van der Waals surface area contributed by atoms with Gasteiger partial charge in [0.25, 0.3) is 0 Å². The maximum atomic E-state index is 5.62. The Morgan fingerprint density at radius 3 is 2.81 bits per heavy atom. The minimum absolute atomic E-state index is 0.311. The van der Waals surface area contributed by atoms with Crippen molar-refractivity contribution in [3.05, 3.63) is 11.1 Å². The summed E-state index contributed by atoms with van der Waals surface area (Å²) in [6.07, 6.45) is 7.12. The van der Waals surface area contributed by atoms with E-state index < -0.39 is 0 Å². The van der Waals surface area contributed by atoms with Crippen molar-refractivity contribution in [2.45, 2.75) is 51.6 Å². The zero-order chi connectivity index (χ0) is 11.6. The second kappa shape index (κ2) is 4.72. The van der Waals surface area contributed by atoms with Gasteiger partial charge in [-0.2, -0.15) is 0 Å². The van der Waals surface area contributed by atoms with E-state index in [0.717, 1.165) is 12.5 Å². The highest BCUT2D eigenvalue weighted by Crippen LogP contribution is 2.31. The first kappa shape index (κ1) is 11.9.